The Morgan fingerprint density at radius 2 is 1.58 bits per heavy atom. The van der Waals surface area contributed by atoms with Gasteiger partial charge in [-0.3, -0.25) is 4.72 Å². The van der Waals surface area contributed by atoms with Gasteiger partial charge in [0.1, 0.15) is 0 Å². The van der Waals surface area contributed by atoms with E-state index >= 15 is 0 Å². The Hall–Kier alpha value is -2.01. The molecule has 0 aliphatic heterocycles. The number of nitrogens with two attached hydrogens (primary N) is 1. The SMILES string of the molecule is Cc1ccccc1S(=O)(=O)Nc1c(C)cccc1N. The zero-order chi connectivity index (χ0) is 14.0. The molecule has 0 bridgehead atoms. The van der Waals surface area contributed by atoms with Crippen molar-refractivity contribution in [3.8, 4) is 0 Å². The first-order valence-corrected chi connectivity index (χ1v) is 7.33. The van der Waals surface area contributed by atoms with E-state index in [2.05, 4.69) is 4.72 Å². The minimum Gasteiger partial charge on any atom is -0.397 e. The molecule has 0 amide bonds. The Morgan fingerprint density at radius 3 is 2.21 bits per heavy atom. The number of para-hydroxylation sites is 1. The van der Waals surface area contributed by atoms with E-state index in [4.69, 9.17) is 5.73 Å². The third kappa shape index (κ3) is 2.71. The molecule has 0 aromatic heterocycles. The van der Waals surface area contributed by atoms with Gasteiger partial charge in [0.2, 0.25) is 0 Å². The summed E-state index contributed by atoms with van der Waals surface area (Å²) < 4.78 is 27.3. The summed E-state index contributed by atoms with van der Waals surface area (Å²) in [6.07, 6.45) is 0. The number of anilines is 2. The van der Waals surface area contributed by atoms with Gasteiger partial charge in [-0.25, -0.2) is 8.42 Å². The standard InChI is InChI=1S/C14H16N2O2S/c1-10-6-3-4-9-13(10)19(17,18)16-14-11(2)7-5-8-12(14)15/h3-9,16H,15H2,1-2H3. The van der Waals surface area contributed by atoms with E-state index in [9.17, 15) is 8.42 Å². The van der Waals surface area contributed by atoms with E-state index in [-0.39, 0.29) is 4.90 Å². The molecule has 3 N–H and O–H groups in total. The smallest absolute Gasteiger partial charge is 0.262 e. The van der Waals surface area contributed by atoms with Gasteiger partial charge in [-0.05, 0) is 37.1 Å². The molecule has 0 atom stereocenters. The lowest BCUT2D eigenvalue weighted by Crippen LogP contribution is -2.16. The van der Waals surface area contributed by atoms with Crippen LogP contribution in [0, 0.1) is 13.8 Å². The van der Waals surface area contributed by atoms with Crippen molar-refractivity contribution in [3.05, 3.63) is 53.6 Å². The fourth-order valence-corrected chi connectivity index (χ4v) is 3.28. The molecule has 0 aliphatic rings. The van der Waals surface area contributed by atoms with Gasteiger partial charge in [-0.15, -0.1) is 0 Å². The van der Waals surface area contributed by atoms with Crippen LogP contribution in [0.15, 0.2) is 47.4 Å². The molecule has 0 heterocycles. The van der Waals surface area contributed by atoms with Crippen LogP contribution in [-0.2, 0) is 10.0 Å². The number of nitrogens with one attached hydrogen (secondary N) is 1. The molecule has 5 heteroatoms. The molecule has 0 unspecified atom stereocenters. The molecule has 0 fully saturated rings. The van der Waals surface area contributed by atoms with Crippen molar-refractivity contribution in [2.45, 2.75) is 18.7 Å². The summed E-state index contributed by atoms with van der Waals surface area (Å²) in [7, 11) is -3.62. The molecule has 2 aromatic carbocycles. The summed E-state index contributed by atoms with van der Waals surface area (Å²) in [4.78, 5) is 0.262. The van der Waals surface area contributed by atoms with E-state index in [0.717, 1.165) is 5.56 Å². The van der Waals surface area contributed by atoms with E-state index in [1.807, 2.05) is 13.0 Å². The molecule has 2 rings (SSSR count). The first-order chi connectivity index (χ1) is 8.92. The van der Waals surface area contributed by atoms with Gasteiger partial charge in [0.05, 0.1) is 16.3 Å². The number of hydrogen-bond acceptors (Lipinski definition) is 3. The highest BCUT2D eigenvalue weighted by atomic mass is 32.2. The number of aryl methyl sites for hydroxylation is 2. The maximum absolute atomic E-state index is 12.4. The van der Waals surface area contributed by atoms with Gasteiger partial charge in [0.15, 0.2) is 0 Å². The lowest BCUT2D eigenvalue weighted by molar-refractivity contribution is 0.600. The maximum atomic E-state index is 12.4. The molecular formula is C14H16N2O2S. The molecule has 0 saturated carbocycles. The van der Waals surface area contributed by atoms with Gasteiger partial charge >= 0.3 is 0 Å². The second-order valence-corrected chi connectivity index (χ2v) is 6.06. The lowest BCUT2D eigenvalue weighted by atomic mass is 10.2. The second-order valence-electron chi connectivity index (χ2n) is 4.41. The quantitative estimate of drug-likeness (QED) is 0.847. The Morgan fingerprint density at radius 1 is 0.947 bits per heavy atom. The van der Waals surface area contributed by atoms with Crippen LogP contribution in [0.2, 0.25) is 0 Å². The highest BCUT2D eigenvalue weighted by molar-refractivity contribution is 7.92. The largest absolute Gasteiger partial charge is 0.397 e. The van der Waals surface area contributed by atoms with Gasteiger partial charge in [0, 0.05) is 0 Å². The summed E-state index contributed by atoms with van der Waals surface area (Å²) in [6.45, 7) is 3.57. The lowest BCUT2D eigenvalue weighted by Gasteiger charge is -2.14. The van der Waals surface area contributed by atoms with Crippen molar-refractivity contribution >= 4 is 21.4 Å². The summed E-state index contributed by atoms with van der Waals surface area (Å²) in [5.74, 6) is 0. The van der Waals surface area contributed by atoms with Gasteiger partial charge < -0.3 is 5.73 Å². The van der Waals surface area contributed by atoms with Gasteiger partial charge in [0.25, 0.3) is 10.0 Å². The van der Waals surface area contributed by atoms with Crippen LogP contribution >= 0.6 is 0 Å². The van der Waals surface area contributed by atoms with Gasteiger partial charge in [-0.1, -0.05) is 30.3 Å². The Bertz CT molecular complexity index is 689. The first kappa shape index (κ1) is 13.4. The third-order valence-electron chi connectivity index (χ3n) is 2.92. The maximum Gasteiger partial charge on any atom is 0.262 e. The highest BCUT2D eigenvalue weighted by Crippen LogP contribution is 2.26. The van der Waals surface area contributed by atoms with Gasteiger partial charge in [-0.2, -0.15) is 0 Å². The number of rotatable bonds is 3. The van der Waals surface area contributed by atoms with Crippen LogP contribution in [-0.4, -0.2) is 8.42 Å². The molecule has 2 aromatic rings. The van der Waals surface area contributed by atoms with Crippen molar-refractivity contribution in [2.24, 2.45) is 0 Å². The molecule has 4 nitrogen and oxygen atoms in total. The molecule has 19 heavy (non-hydrogen) atoms. The fourth-order valence-electron chi connectivity index (χ4n) is 1.88. The van der Waals surface area contributed by atoms with Crippen molar-refractivity contribution in [2.75, 3.05) is 10.5 Å². The van der Waals surface area contributed by atoms with Crippen LogP contribution in [0.3, 0.4) is 0 Å². The average molecular weight is 276 g/mol. The molecule has 0 aliphatic carbocycles. The minimum atomic E-state index is -3.62. The molecule has 0 saturated heterocycles. The van der Waals surface area contributed by atoms with Crippen molar-refractivity contribution in [1.29, 1.82) is 0 Å². The van der Waals surface area contributed by atoms with Crippen molar-refractivity contribution < 1.29 is 8.42 Å². The Labute approximate surface area is 113 Å². The molecule has 0 radical (unpaired) electrons. The zero-order valence-corrected chi connectivity index (χ0v) is 11.7. The fraction of sp³-hybridized carbons (Fsp3) is 0.143. The number of nitrogen functional groups attached to an aromatic ring is 1. The molecule has 0 spiro atoms. The van der Waals surface area contributed by atoms with E-state index in [1.165, 1.54) is 0 Å². The topological polar surface area (TPSA) is 72.2 Å². The normalized spacial score (nSPS) is 11.3. The first-order valence-electron chi connectivity index (χ1n) is 5.85. The van der Waals surface area contributed by atoms with E-state index in [0.29, 0.717) is 16.9 Å². The Kier molecular flexibility index (Phi) is 3.48. The summed E-state index contributed by atoms with van der Waals surface area (Å²) in [5, 5.41) is 0. The highest BCUT2D eigenvalue weighted by Gasteiger charge is 2.18. The van der Waals surface area contributed by atoms with Crippen molar-refractivity contribution in [3.63, 3.8) is 0 Å². The summed E-state index contributed by atoms with van der Waals surface area (Å²) >= 11 is 0. The molecular weight excluding hydrogens is 260 g/mol. The van der Waals surface area contributed by atoms with Crippen molar-refractivity contribution in [1.82, 2.24) is 0 Å². The monoisotopic (exact) mass is 276 g/mol. The van der Waals surface area contributed by atoms with Crippen LogP contribution < -0.4 is 10.5 Å². The zero-order valence-electron chi connectivity index (χ0n) is 10.8. The number of hydrogen-bond donors (Lipinski definition) is 2. The summed E-state index contributed by atoms with van der Waals surface area (Å²) in [6, 6.07) is 12.1. The average Bonchev–Trinajstić information content (AvgIpc) is 2.34. The van der Waals surface area contributed by atoms with Crippen LogP contribution in [0.4, 0.5) is 11.4 Å². The Balaban J connectivity index is 2.46. The minimum absolute atomic E-state index is 0.262. The summed E-state index contributed by atoms with van der Waals surface area (Å²) in [5.41, 5.74) is 8.15. The number of benzene rings is 2. The molecule has 100 valence electrons. The second kappa shape index (κ2) is 4.93. The number of sulfonamides is 1. The van der Waals surface area contributed by atoms with Crippen LogP contribution in [0.25, 0.3) is 0 Å². The predicted octanol–water partition coefficient (Wildman–Crippen LogP) is 2.69. The van der Waals surface area contributed by atoms with E-state index in [1.54, 1.807) is 43.3 Å². The predicted molar refractivity (Wildman–Crippen MR) is 77.6 cm³/mol. The van der Waals surface area contributed by atoms with E-state index < -0.39 is 10.0 Å². The van der Waals surface area contributed by atoms with Crippen LogP contribution in [0.5, 0.6) is 0 Å². The van der Waals surface area contributed by atoms with Crippen LogP contribution in [0.1, 0.15) is 11.1 Å². The third-order valence-corrected chi connectivity index (χ3v) is 4.43.